The van der Waals surface area contributed by atoms with Crippen molar-refractivity contribution in [2.75, 3.05) is 0 Å². The van der Waals surface area contributed by atoms with Crippen molar-refractivity contribution in [1.82, 2.24) is 25.6 Å². The lowest BCUT2D eigenvalue weighted by Gasteiger charge is -2.15. The van der Waals surface area contributed by atoms with Gasteiger partial charge in [-0.2, -0.15) is 5.21 Å². The second kappa shape index (κ2) is 9.38. The Morgan fingerprint density at radius 1 is 1.03 bits per heavy atom. The zero-order valence-electron chi connectivity index (χ0n) is 17.9. The number of aryl methyl sites for hydroxylation is 2. The zero-order chi connectivity index (χ0) is 22.5. The molecule has 0 saturated heterocycles. The fraction of sp³-hybridized carbons (Fsp3) is 0.208. The Morgan fingerprint density at radius 3 is 2.50 bits per heavy atom. The average Bonchev–Trinajstić information content (AvgIpc) is 3.37. The van der Waals surface area contributed by atoms with Gasteiger partial charge in [0.15, 0.2) is 0 Å². The van der Waals surface area contributed by atoms with E-state index >= 15 is 0 Å². The Kier molecular flexibility index (Phi) is 6.21. The van der Waals surface area contributed by atoms with E-state index in [1.54, 1.807) is 6.07 Å². The van der Waals surface area contributed by atoms with Crippen molar-refractivity contribution in [3.05, 3.63) is 77.1 Å². The summed E-state index contributed by atoms with van der Waals surface area (Å²) in [7, 11) is 0. The summed E-state index contributed by atoms with van der Waals surface area (Å²) < 4.78 is 6.00. The third-order valence-electron chi connectivity index (χ3n) is 5.17. The molecule has 162 valence electrons. The summed E-state index contributed by atoms with van der Waals surface area (Å²) >= 11 is 0. The molecule has 4 rings (SSSR count). The summed E-state index contributed by atoms with van der Waals surface area (Å²) in [5.74, 6) is -0.240. The lowest BCUT2D eigenvalue weighted by Crippen LogP contribution is -2.10. The highest BCUT2D eigenvalue weighted by atomic mass is 16.5. The molecule has 0 unspecified atom stereocenters. The van der Waals surface area contributed by atoms with Gasteiger partial charge in [-0.3, -0.25) is 4.98 Å². The van der Waals surface area contributed by atoms with Gasteiger partial charge >= 0.3 is 5.97 Å². The fourth-order valence-electron chi connectivity index (χ4n) is 3.58. The third kappa shape index (κ3) is 4.34. The predicted molar refractivity (Wildman–Crippen MR) is 119 cm³/mol. The molecule has 8 nitrogen and oxygen atoms in total. The molecule has 8 heteroatoms. The normalized spacial score (nSPS) is 10.8. The van der Waals surface area contributed by atoms with Crippen LogP contribution in [-0.2, 0) is 19.4 Å². The van der Waals surface area contributed by atoms with Crippen molar-refractivity contribution in [1.29, 1.82) is 0 Å². The minimum absolute atomic E-state index is 0.115. The van der Waals surface area contributed by atoms with Gasteiger partial charge in [0, 0.05) is 17.3 Å². The molecule has 0 spiro atoms. The van der Waals surface area contributed by atoms with E-state index in [4.69, 9.17) is 4.74 Å². The quantitative estimate of drug-likeness (QED) is 0.428. The van der Waals surface area contributed by atoms with Gasteiger partial charge in [-0.1, -0.05) is 56.3 Å². The molecule has 0 aliphatic rings. The van der Waals surface area contributed by atoms with Crippen LogP contribution >= 0.6 is 0 Å². The number of benzene rings is 2. The number of H-pyrrole nitrogens is 1. The molecule has 0 saturated carbocycles. The molecule has 0 atom stereocenters. The predicted octanol–water partition coefficient (Wildman–Crippen LogP) is 4.33. The second-order valence-corrected chi connectivity index (χ2v) is 7.22. The first-order valence-corrected chi connectivity index (χ1v) is 10.4. The highest BCUT2D eigenvalue weighted by molar-refractivity contribution is 5.92. The number of aromatic amines is 1. The first kappa shape index (κ1) is 21.2. The second-order valence-electron chi connectivity index (χ2n) is 7.22. The van der Waals surface area contributed by atoms with Crippen molar-refractivity contribution in [3.63, 3.8) is 0 Å². The molecule has 0 fully saturated rings. The largest absolute Gasteiger partial charge is 0.488 e. The number of tetrazole rings is 1. The lowest BCUT2D eigenvalue weighted by atomic mass is 9.97. The first-order valence-electron chi connectivity index (χ1n) is 10.4. The number of aromatic nitrogens is 5. The molecule has 0 amide bonds. The molecule has 4 aromatic rings. The molecule has 0 aliphatic carbocycles. The van der Waals surface area contributed by atoms with Crippen molar-refractivity contribution in [2.24, 2.45) is 0 Å². The topological polar surface area (TPSA) is 114 Å². The van der Waals surface area contributed by atoms with Crippen molar-refractivity contribution >= 4 is 5.97 Å². The summed E-state index contributed by atoms with van der Waals surface area (Å²) in [5, 5.41) is 24.2. The first-order chi connectivity index (χ1) is 15.6. The van der Waals surface area contributed by atoms with Gasteiger partial charge in [-0.25, -0.2) is 4.79 Å². The number of hydrogen-bond donors (Lipinski definition) is 2. The van der Waals surface area contributed by atoms with Crippen molar-refractivity contribution < 1.29 is 14.6 Å². The SMILES string of the molecule is CCc1cc(OCc2ccc(-c3ccccc3)c(-c3nn[nH]n3)c2)c(C(=O)O)c(CC)n1. The molecule has 2 aromatic carbocycles. The van der Waals surface area contributed by atoms with Crippen molar-refractivity contribution in [2.45, 2.75) is 33.3 Å². The molecule has 2 heterocycles. The van der Waals surface area contributed by atoms with E-state index in [-0.39, 0.29) is 12.2 Å². The molecule has 2 N–H and O–H groups in total. The van der Waals surface area contributed by atoms with Crippen LogP contribution in [0.4, 0.5) is 0 Å². The van der Waals surface area contributed by atoms with E-state index in [1.807, 2.05) is 62.4 Å². The van der Waals surface area contributed by atoms with Crippen molar-refractivity contribution in [3.8, 4) is 28.3 Å². The van der Waals surface area contributed by atoms with E-state index in [1.165, 1.54) is 0 Å². The van der Waals surface area contributed by atoms with Crippen LogP contribution in [0.15, 0.2) is 54.6 Å². The van der Waals surface area contributed by atoms with E-state index in [0.717, 1.165) is 27.9 Å². The molecule has 0 aliphatic heterocycles. The summed E-state index contributed by atoms with van der Waals surface area (Å²) in [5.41, 5.74) is 5.10. The Morgan fingerprint density at radius 2 is 1.84 bits per heavy atom. The maximum absolute atomic E-state index is 11.9. The van der Waals surface area contributed by atoms with Gasteiger partial charge in [0.1, 0.15) is 17.9 Å². The molecular weight excluding hydrogens is 406 g/mol. The van der Waals surface area contributed by atoms with Crippen LogP contribution < -0.4 is 4.74 Å². The van der Waals surface area contributed by atoms with Gasteiger partial charge in [0.05, 0.1) is 5.69 Å². The van der Waals surface area contributed by atoms with Crippen LogP contribution in [0.25, 0.3) is 22.5 Å². The van der Waals surface area contributed by atoms with E-state index in [9.17, 15) is 9.90 Å². The maximum atomic E-state index is 11.9. The van der Waals surface area contributed by atoms with Crippen LogP contribution in [0.2, 0.25) is 0 Å². The van der Waals surface area contributed by atoms with Gasteiger partial charge in [-0.15, -0.1) is 10.2 Å². The minimum atomic E-state index is -1.04. The standard InChI is InChI=1S/C24H23N5O3/c1-3-17-13-21(22(24(30)31)20(4-2)25-17)32-14-15-10-11-18(16-8-6-5-7-9-16)19(12-15)23-26-28-29-27-23/h5-13H,3-4,14H2,1-2H3,(H,30,31)(H,26,27,28,29). The van der Waals surface area contributed by atoms with E-state index in [0.29, 0.717) is 30.1 Å². The van der Waals surface area contributed by atoms with Crippen LogP contribution in [0.5, 0.6) is 5.75 Å². The lowest BCUT2D eigenvalue weighted by molar-refractivity contribution is 0.0689. The average molecular weight is 429 g/mol. The molecule has 2 aromatic heterocycles. The zero-order valence-corrected chi connectivity index (χ0v) is 17.9. The maximum Gasteiger partial charge on any atom is 0.341 e. The Bertz CT molecular complexity index is 1220. The number of rotatable bonds is 8. The van der Waals surface area contributed by atoms with Gasteiger partial charge < -0.3 is 9.84 Å². The van der Waals surface area contributed by atoms with Gasteiger partial charge in [0.25, 0.3) is 0 Å². The Balaban J connectivity index is 1.69. The summed E-state index contributed by atoms with van der Waals surface area (Å²) in [6.07, 6.45) is 1.20. The van der Waals surface area contributed by atoms with E-state index in [2.05, 4.69) is 25.6 Å². The van der Waals surface area contributed by atoms with Crippen LogP contribution in [-0.4, -0.2) is 36.7 Å². The number of carboxylic acid groups (broad SMARTS) is 1. The third-order valence-corrected chi connectivity index (χ3v) is 5.17. The number of aromatic carboxylic acids is 1. The molecule has 0 radical (unpaired) electrons. The number of carbonyl (C=O) groups is 1. The van der Waals surface area contributed by atoms with Crippen LogP contribution in [0.1, 0.15) is 41.2 Å². The number of hydrogen-bond acceptors (Lipinski definition) is 6. The number of ether oxygens (including phenoxy) is 1. The summed E-state index contributed by atoms with van der Waals surface area (Å²) in [6, 6.07) is 17.5. The van der Waals surface area contributed by atoms with Gasteiger partial charge in [-0.05, 0) is 40.8 Å². The summed E-state index contributed by atoms with van der Waals surface area (Å²) in [4.78, 5) is 16.3. The van der Waals surface area contributed by atoms with Crippen LogP contribution in [0.3, 0.4) is 0 Å². The molecular formula is C24H23N5O3. The van der Waals surface area contributed by atoms with Crippen LogP contribution in [0, 0.1) is 0 Å². The summed E-state index contributed by atoms with van der Waals surface area (Å²) in [6.45, 7) is 4.06. The monoisotopic (exact) mass is 429 g/mol. The molecule has 0 bridgehead atoms. The smallest absolute Gasteiger partial charge is 0.341 e. The number of nitrogens with one attached hydrogen (secondary N) is 1. The van der Waals surface area contributed by atoms with E-state index < -0.39 is 5.97 Å². The van der Waals surface area contributed by atoms with Gasteiger partial charge in [0.2, 0.25) is 5.82 Å². The highest BCUT2D eigenvalue weighted by Crippen LogP contribution is 2.31. The Labute approximate surface area is 185 Å². The Hall–Kier alpha value is -4.07. The minimum Gasteiger partial charge on any atom is -0.488 e. The molecule has 32 heavy (non-hydrogen) atoms. The highest BCUT2D eigenvalue weighted by Gasteiger charge is 2.19. The fourth-order valence-corrected chi connectivity index (χ4v) is 3.58. The number of carboxylic acids is 1. The number of pyridine rings is 1. The number of nitrogens with zero attached hydrogens (tertiary/aromatic N) is 4.